The molecule has 2 aromatic heterocycles. The molecule has 0 atom stereocenters. The summed E-state index contributed by atoms with van der Waals surface area (Å²) in [6.45, 7) is 2.05. The highest BCUT2D eigenvalue weighted by molar-refractivity contribution is 9.10. The minimum absolute atomic E-state index is 0.875. The first kappa shape index (κ1) is 11.0. The maximum Gasteiger partial charge on any atom is 0.176 e. The van der Waals surface area contributed by atoms with Crippen molar-refractivity contribution in [1.82, 2.24) is 14.3 Å². The van der Waals surface area contributed by atoms with Crippen molar-refractivity contribution in [2.75, 3.05) is 0 Å². The number of halogens is 1. The Hall–Kier alpha value is -0.460. The monoisotopic (exact) mass is 301 g/mol. The van der Waals surface area contributed by atoms with Gasteiger partial charge in [-0.1, -0.05) is 6.92 Å². The lowest BCUT2D eigenvalue weighted by molar-refractivity contribution is 0.970. The van der Waals surface area contributed by atoms with Crippen LogP contribution in [-0.4, -0.2) is 14.3 Å². The van der Waals surface area contributed by atoms with Crippen molar-refractivity contribution >= 4 is 39.2 Å². The summed E-state index contributed by atoms with van der Waals surface area (Å²) in [5.74, 6) is 0.898. The highest BCUT2D eigenvalue weighted by Gasteiger charge is 2.07. The van der Waals surface area contributed by atoms with Crippen LogP contribution < -0.4 is 0 Å². The van der Waals surface area contributed by atoms with Crippen molar-refractivity contribution in [2.45, 2.75) is 22.7 Å². The first-order valence-electron chi connectivity index (χ1n) is 4.40. The molecule has 2 rings (SSSR count). The minimum atomic E-state index is 0.875. The van der Waals surface area contributed by atoms with E-state index in [2.05, 4.69) is 30.3 Å². The molecule has 0 unspecified atom stereocenters. The summed E-state index contributed by atoms with van der Waals surface area (Å²) in [4.78, 5) is 8.64. The number of hydrogen-bond donors (Lipinski definition) is 0. The van der Waals surface area contributed by atoms with E-state index in [1.807, 2.05) is 19.1 Å². The second-order valence-electron chi connectivity index (χ2n) is 2.72. The Balaban J connectivity index is 2.18. The second-order valence-corrected chi connectivity index (χ2v) is 5.56. The Kier molecular flexibility index (Phi) is 3.71. The fourth-order valence-corrected chi connectivity index (χ4v) is 3.04. The quantitative estimate of drug-likeness (QED) is 0.871. The molecule has 0 amide bonds. The molecule has 0 aliphatic carbocycles. The van der Waals surface area contributed by atoms with Gasteiger partial charge in [-0.15, -0.1) is 0 Å². The zero-order valence-corrected chi connectivity index (χ0v) is 11.2. The lowest BCUT2D eigenvalue weighted by Gasteiger charge is -1.97. The van der Waals surface area contributed by atoms with Crippen molar-refractivity contribution in [3.05, 3.63) is 28.6 Å². The van der Waals surface area contributed by atoms with E-state index in [1.165, 1.54) is 23.3 Å². The first-order valence-corrected chi connectivity index (χ1v) is 6.79. The standard InChI is InChI=1S/C9H8BrN3S2/c1-2-7-12-9(15-13-7)14-8-6(10)4-3-5-11-8/h3-5H,2H2,1H3. The summed E-state index contributed by atoms with van der Waals surface area (Å²) in [6, 6.07) is 3.86. The van der Waals surface area contributed by atoms with Gasteiger partial charge in [0.05, 0.1) is 4.47 Å². The third-order valence-corrected chi connectivity index (χ3v) is 4.38. The summed E-state index contributed by atoms with van der Waals surface area (Å²) < 4.78 is 6.15. The normalized spacial score (nSPS) is 10.5. The van der Waals surface area contributed by atoms with Crippen molar-refractivity contribution in [1.29, 1.82) is 0 Å². The summed E-state index contributed by atoms with van der Waals surface area (Å²) in [5, 5.41) is 0.927. The van der Waals surface area contributed by atoms with Gasteiger partial charge in [0.15, 0.2) is 4.34 Å². The zero-order valence-electron chi connectivity index (χ0n) is 7.98. The van der Waals surface area contributed by atoms with Crippen LogP contribution in [-0.2, 0) is 6.42 Å². The number of nitrogens with zero attached hydrogens (tertiary/aromatic N) is 3. The van der Waals surface area contributed by atoms with Crippen LogP contribution in [0, 0.1) is 0 Å². The van der Waals surface area contributed by atoms with E-state index in [1.54, 1.807) is 6.20 Å². The number of hydrogen-bond acceptors (Lipinski definition) is 5. The van der Waals surface area contributed by atoms with Gasteiger partial charge in [0, 0.05) is 12.6 Å². The topological polar surface area (TPSA) is 38.7 Å². The van der Waals surface area contributed by atoms with Crippen LogP contribution in [0.1, 0.15) is 12.7 Å². The maximum absolute atomic E-state index is 4.37. The Morgan fingerprint density at radius 3 is 3.07 bits per heavy atom. The highest BCUT2D eigenvalue weighted by Crippen LogP contribution is 2.32. The molecule has 0 fully saturated rings. The molecule has 0 aromatic carbocycles. The molecule has 0 N–H and O–H groups in total. The van der Waals surface area contributed by atoms with Gasteiger partial charge in [0.25, 0.3) is 0 Å². The van der Waals surface area contributed by atoms with Gasteiger partial charge in [-0.25, -0.2) is 9.97 Å². The van der Waals surface area contributed by atoms with Crippen LogP contribution in [0.4, 0.5) is 0 Å². The van der Waals surface area contributed by atoms with Gasteiger partial charge in [0.1, 0.15) is 10.9 Å². The second kappa shape index (κ2) is 5.05. The molecule has 0 radical (unpaired) electrons. The summed E-state index contributed by atoms with van der Waals surface area (Å²) in [5.41, 5.74) is 0. The maximum atomic E-state index is 4.37. The number of rotatable bonds is 3. The highest BCUT2D eigenvalue weighted by atomic mass is 79.9. The van der Waals surface area contributed by atoms with Crippen LogP contribution in [0.5, 0.6) is 0 Å². The minimum Gasteiger partial charge on any atom is -0.248 e. The molecule has 78 valence electrons. The number of aromatic nitrogens is 3. The molecule has 0 spiro atoms. The van der Waals surface area contributed by atoms with E-state index in [0.717, 1.165) is 26.1 Å². The van der Waals surface area contributed by atoms with Gasteiger partial charge in [0.2, 0.25) is 0 Å². The molecule has 2 aromatic rings. The molecule has 0 bridgehead atoms. The third kappa shape index (κ3) is 2.76. The smallest absolute Gasteiger partial charge is 0.176 e. The molecule has 6 heteroatoms. The average molecular weight is 302 g/mol. The predicted molar refractivity (Wildman–Crippen MR) is 65.3 cm³/mol. The lowest BCUT2D eigenvalue weighted by Crippen LogP contribution is -1.82. The van der Waals surface area contributed by atoms with Gasteiger partial charge >= 0.3 is 0 Å². The summed E-state index contributed by atoms with van der Waals surface area (Å²) in [6.07, 6.45) is 2.65. The SMILES string of the molecule is CCc1nsc(Sc2ncccc2Br)n1. The van der Waals surface area contributed by atoms with Crippen LogP contribution in [0.15, 0.2) is 32.2 Å². The van der Waals surface area contributed by atoms with Gasteiger partial charge in [-0.05, 0) is 51.4 Å². The van der Waals surface area contributed by atoms with Crippen molar-refractivity contribution in [2.24, 2.45) is 0 Å². The molecule has 3 nitrogen and oxygen atoms in total. The van der Waals surface area contributed by atoms with E-state index in [9.17, 15) is 0 Å². The van der Waals surface area contributed by atoms with E-state index in [4.69, 9.17) is 0 Å². The molecule has 0 saturated heterocycles. The van der Waals surface area contributed by atoms with Gasteiger partial charge in [-0.3, -0.25) is 0 Å². The summed E-state index contributed by atoms with van der Waals surface area (Å²) >= 11 is 6.41. The van der Waals surface area contributed by atoms with Crippen molar-refractivity contribution in [3.8, 4) is 0 Å². The van der Waals surface area contributed by atoms with Crippen LogP contribution in [0.2, 0.25) is 0 Å². The molecule has 0 aliphatic heterocycles. The molecule has 0 saturated carbocycles. The largest absolute Gasteiger partial charge is 0.248 e. The molecule has 2 heterocycles. The van der Waals surface area contributed by atoms with Gasteiger partial charge < -0.3 is 0 Å². The van der Waals surface area contributed by atoms with Gasteiger partial charge in [-0.2, -0.15) is 4.37 Å². The Bertz CT molecular complexity index is 458. The zero-order chi connectivity index (χ0) is 10.7. The molecular formula is C9H8BrN3S2. The fourth-order valence-electron chi connectivity index (χ4n) is 0.952. The van der Waals surface area contributed by atoms with E-state index >= 15 is 0 Å². The van der Waals surface area contributed by atoms with Crippen LogP contribution in [0.3, 0.4) is 0 Å². The summed E-state index contributed by atoms with van der Waals surface area (Å²) in [7, 11) is 0. The molecular weight excluding hydrogens is 294 g/mol. The number of aryl methyl sites for hydroxylation is 1. The Morgan fingerprint density at radius 2 is 2.40 bits per heavy atom. The average Bonchev–Trinajstić information content (AvgIpc) is 2.69. The van der Waals surface area contributed by atoms with Crippen molar-refractivity contribution < 1.29 is 0 Å². The fraction of sp³-hybridized carbons (Fsp3) is 0.222. The molecule has 0 aliphatic rings. The van der Waals surface area contributed by atoms with E-state index in [0.29, 0.717) is 0 Å². The predicted octanol–water partition coefficient (Wildman–Crippen LogP) is 3.41. The van der Waals surface area contributed by atoms with Crippen molar-refractivity contribution in [3.63, 3.8) is 0 Å². The van der Waals surface area contributed by atoms with E-state index in [-0.39, 0.29) is 0 Å². The molecule has 15 heavy (non-hydrogen) atoms. The lowest BCUT2D eigenvalue weighted by atomic mass is 10.5. The Morgan fingerprint density at radius 1 is 1.53 bits per heavy atom. The Labute approximate surface area is 105 Å². The first-order chi connectivity index (χ1) is 7.29. The third-order valence-electron chi connectivity index (χ3n) is 1.67. The van der Waals surface area contributed by atoms with E-state index < -0.39 is 0 Å². The number of pyridine rings is 1. The van der Waals surface area contributed by atoms with Crippen LogP contribution >= 0.6 is 39.2 Å². The van der Waals surface area contributed by atoms with Crippen LogP contribution in [0.25, 0.3) is 0 Å².